The first-order chi connectivity index (χ1) is 15.3. The van der Waals surface area contributed by atoms with E-state index in [2.05, 4.69) is 9.36 Å². The van der Waals surface area contributed by atoms with E-state index in [4.69, 9.17) is 5.73 Å². The van der Waals surface area contributed by atoms with E-state index < -0.39 is 15.9 Å². The number of benzene rings is 1. The number of sulfonamides is 1. The smallest absolute Gasteiger partial charge is 0.252 e. The summed E-state index contributed by atoms with van der Waals surface area (Å²) in [5.41, 5.74) is 6.01. The zero-order chi connectivity index (χ0) is 22.7. The Morgan fingerprint density at radius 1 is 1.12 bits per heavy atom. The number of halogens is 1. The zero-order valence-corrected chi connectivity index (χ0v) is 19.3. The van der Waals surface area contributed by atoms with Crippen LogP contribution in [0.1, 0.15) is 16.3 Å². The molecular weight excluding hydrogens is 473 g/mol. The maximum absolute atomic E-state index is 13.1. The van der Waals surface area contributed by atoms with Gasteiger partial charge in [0.15, 0.2) is 0 Å². The van der Waals surface area contributed by atoms with Crippen LogP contribution in [0.25, 0.3) is 6.08 Å². The van der Waals surface area contributed by atoms with Crippen molar-refractivity contribution in [3.63, 3.8) is 0 Å². The average Bonchev–Trinajstić information content (AvgIpc) is 3.44. The molecule has 2 N–H and O–H groups in total. The van der Waals surface area contributed by atoms with Crippen LogP contribution in [0.2, 0.25) is 0 Å². The summed E-state index contributed by atoms with van der Waals surface area (Å²) in [6.07, 6.45) is 3.21. The number of carbonyl (C=O) groups is 1. The van der Waals surface area contributed by atoms with Crippen molar-refractivity contribution in [2.45, 2.75) is 10.6 Å². The second-order valence-electron chi connectivity index (χ2n) is 7.08. The van der Waals surface area contributed by atoms with E-state index in [0.29, 0.717) is 43.3 Å². The molecule has 1 aliphatic rings. The number of hydrogen-bond acceptors (Lipinski definition) is 8. The maximum atomic E-state index is 13.1. The van der Waals surface area contributed by atoms with Gasteiger partial charge < -0.3 is 10.6 Å². The minimum absolute atomic E-state index is 0.229. The molecule has 1 aromatic carbocycles. The largest absolute Gasteiger partial charge is 0.366 e. The van der Waals surface area contributed by atoms with Gasteiger partial charge in [-0.15, -0.1) is 11.3 Å². The first kappa shape index (κ1) is 22.5. The number of aromatic nitrogens is 2. The Labute approximate surface area is 193 Å². The molecule has 1 amide bonds. The molecule has 0 spiro atoms. The van der Waals surface area contributed by atoms with Crippen molar-refractivity contribution in [2.24, 2.45) is 5.73 Å². The third kappa shape index (κ3) is 5.21. The van der Waals surface area contributed by atoms with Crippen molar-refractivity contribution >= 4 is 50.0 Å². The van der Waals surface area contributed by atoms with Crippen LogP contribution in [-0.4, -0.2) is 54.2 Å². The summed E-state index contributed by atoms with van der Waals surface area (Å²) in [6, 6.07) is 9.43. The summed E-state index contributed by atoms with van der Waals surface area (Å²) in [6.45, 7) is 1.67. The normalized spacial score (nSPS) is 15.5. The number of nitrogens with zero attached hydrogens (tertiary/aromatic N) is 4. The monoisotopic (exact) mass is 493 g/mol. The molecule has 2 aromatic heterocycles. The van der Waals surface area contributed by atoms with Gasteiger partial charge in [-0.05, 0) is 35.9 Å². The number of rotatable bonds is 7. The molecule has 1 aliphatic heterocycles. The van der Waals surface area contributed by atoms with Gasteiger partial charge >= 0.3 is 0 Å². The van der Waals surface area contributed by atoms with E-state index in [1.54, 1.807) is 24.3 Å². The fraction of sp³-hybridized carbons (Fsp3) is 0.250. The van der Waals surface area contributed by atoms with Gasteiger partial charge in [-0.1, -0.05) is 12.1 Å². The molecule has 3 aromatic rings. The lowest BCUT2D eigenvalue weighted by Crippen LogP contribution is -2.48. The molecule has 0 atom stereocenters. The molecule has 8 nitrogen and oxygen atoms in total. The number of anilines is 1. The van der Waals surface area contributed by atoms with E-state index in [-0.39, 0.29) is 10.0 Å². The Balaban J connectivity index is 1.37. The van der Waals surface area contributed by atoms with Gasteiger partial charge in [0.05, 0.1) is 0 Å². The highest BCUT2D eigenvalue weighted by Crippen LogP contribution is 2.28. The lowest BCUT2D eigenvalue weighted by atomic mass is 10.1. The number of thiophene rings is 1. The van der Waals surface area contributed by atoms with Gasteiger partial charge in [0.2, 0.25) is 11.0 Å². The van der Waals surface area contributed by atoms with Gasteiger partial charge in [-0.2, -0.15) is 8.68 Å². The molecule has 0 saturated carbocycles. The maximum Gasteiger partial charge on any atom is 0.252 e. The Morgan fingerprint density at radius 3 is 2.53 bits per heavy atom. The summed E-state index contributed by atoms with van der Waals surface area (Å²) in [5, 5.41) is 0.745. The van der Waals surface area contributed by atoms with Crippen LogP contribution >= 0.6 is 22.9 Å². The number of carbonyl (C=O) groups excluding carboxylic acids is 1. The minimum atomic E-state index is -3.61. The van der Waals surface area contributed by atoms with Gasteiger partial charge in [-0.25, -0.2) is 17.8 Å². The summed E-state index contributed by atoms with van der Waals surface area (Å²) >= 11 is 2.37. The molecular formula is C20H20FN5O3S3. The Bertz CT molecular complexity index is 1230. The highest BCUT2D eigenvalue weighted by Gasteiger charge is 2.30. The molecule has 168 valence electrons. The third-order valence-corrected chi connectivity index (χ3v) is 9.08. The molecule has 0 aliphatic carbocycles. The van der Waals surface area contributed by atoms with E-state index >= 15 is 0 Å². The predicted octanol–water partition coefficient (Wildman–Crippen LogP) is 2.34. The molecule has 3 heterocycles. The fourth-order valence-corrected chi connectivity index (χ4v) is 6.75. The summed E-state index contributed by atoms with van der Waals surface area (Å²) < 4.78 is 45.1. The van der Waals surface area contributed by atoms with E-state index in [1.807, 2.05) is 4.90 Å². The van der Waals surface area contributed by atoms with Gasteiger partial charge in [0, 0.05) is 55.1 Å². The average molecular weight is 494 g/mol. The first-order valence-corrected chi connectivity index (χ1v) is 12.7. The van der Waals surface area contributed by atoms with Crippen molar-refractivity contribution in [2.75, 3.05) is 31.1 Å². The molecule has 0 bridgehead atoms. The van der Waals surface area contributed by atoms with Crippen LogP contribution in [0.3, 0.4) is 0 Å². The van der Waals surface area contributed by atoms with Crippen molar-refractivity contribution in [1.29, 1.82) is 0 Å². The van der Waals surface area contributed by atoms with Gasteiger partial charge in [-0.3, -0.25) is 4.79 Å². The van der Waals surface area contributed by atoms with E-state index in [9.17, 15) is 17.6 Å². The van der Waals surface area contributed by atoms with Crippen LogP contribution in [0, 0.1) is 5.82 Å². The number of hydrogen-bond donors (Lipinski definition) is 1. The summed E-state index contributed by atoms with van der Waals surface area (Å²) in [5.74, 6) is -0.215. The predicted molar refractivity (Wildman–Crippen MR) is 123 cm³/mol. The summed E-state index contributed by atoms with van der Waals surface area (Å²) in [7, 11) is -3.61. The number of piperazine rings is 1. The quantitative estimate of drug-likeness (QED) is 0.506. The van der Waals surface area contributed by atoms with Crippen LogP contribution in [0.15, 0.2) is 46.7 Å². The minimum Gasteiger partial charge on any atom is -0.366 e. The Hall–Kier alpha value is -2.67. The third-order valence-electron chi connectivity index (χ3n) is 4.85. The number of nitrogens with two attached hydrogens (primary N) is 1. The topological polar surface area (TPSA) is 109 Å². The fourth-order valence-electron chi connectivity index (χ4n) is 3.20. The molecule has 0 unspecified atom stereocenters. The van der Waals surface area contributed by atoms with E-state index in [1.165, 1.54) is 40.1 Å². The highest BCUT2D eigenvalue weighted by atomic mass is 32.2. The van der Waals surface area contributed by atoms with Crippen LogP contribution in [0.5, 0.6) is 0 Å². The summed E-state index contributed by atoms with van der Waals surface area (Å²) in [4.78, 5) is 18.1. The SMILES string of the molecule is NC(=O)/C=C/c1ccc(S(=O)(=O)N2CCN(c3nc(Cc4ccc(F)cc4)ns3)CC2)s1. The van der Waals surface area contributed by atoms with Crippen molar-refractivity contribution in [3.8, 4) is 0 Å². The Kier molecular flexibility index (Phi) is 6.65. The molecule has 12 heteroatoms. The molecule has 32 heavy (non-hydrogen) atoms. The number of primary amides is 1. The molecule has 1 saturated heterocycles. The second-order valence-corrected chi connectivity index (χ2v) is 11.1. The molecule has 4 rings (SSSR count). The lowest BCUT2D eigenvalue weighted by molar-refractivity contribution is -0.113. The van der Waals surface area contributed by atoms with Gasteiger partial charge in [0.1, 0.15) is 15.9 Å². The van der Waals surface area contributed by atoms with Crippen LogP contribution in [0.4, 0.5) is 9.52 Å². The van der Waals surface area contributed by atoms with E-state index in [0.717, 1.165) is 22.0 Å². The van der Waals surface area contributed by atoms with Crippen molar-refractivity contribution in [1.82, 2.24) is 13.7 Å². The van der Waals surface area contributed by atoms with Crippen LogP contribution < -0.4 is 10.6 Å². The number of amides is 1. The first-order valence-electron chi connectivity index (χ1n) is 9.71. The standard InChI is InChI=1S/C20H20FN5O3S3/c21-15-3-1-14(2-4-15)13-18-23-20(31-24-18)25-9-11-26(12-10-25)32(28,29)19-8-6-16(30-19)5-7-17(22)27/h1-8H,9-13H2,(H2,22,27)/b7-5+. The Morgan fingerprint density at radius 2 is 1.84 bits per heavy atom. The highest BCUT2D eigenvalue weighted by molar-refractivity contribution is 7.91. The molecule has 1 fully saturated rings. The van der Waals surface area contributed by atoms with Crippen molar-refractivity contribution < 1.29 is 17.6 Å². The lowest BCUT2D eigenvalue weighted by Gasteiger charge is -2.33. The van der Waals surface area contributed by atoms with Crippen molar-refractivity contribution in [3.05, 3.63) is 64.6 Å². The second kappa shape index (κ2) is 9.45. The van der Waals surface area contributed by atoms with Gasteiger partial charge in [0.25, 0.3) is 10.0 Å². The molecule has 0 radical (unpaired) electrons. The zero-order valence-electron chi connectivity index (χ0n) is 16.8. The van der Waals surface area contributed by atoms with Crippen LogP contribution in [-0.2, 0) is 21.2 Å².